The monoisotopic (exact) mass is 268 g/mol. The van der Waals surface area contributed by atoms with E-state index in [1.807, 2.05) is 11.3 Å². The second kappa shape index (κ2) is 8.65. The van der Waals surface area contributed by atoms with Gasteiger partial charge in [-0.3, -0.25) is 0 Å². The summed E-state index contributed by atoms with van der Waals surface area (Å²) in [5.74, 6) is 0.691. The van der Waals surface area contributed by atoms with Gasteiger partial charge in [0.05, 0.1) is 10.7 Å². The first-order valence-electron chi connectivity index (χ1n) is 7.35. The van der Waals surface area contributed by atoms with Crippen molar-refractivity contribution in [1.29, 1.82) is 0 Å². The molecule has 0 radical (unpaired) electrons. The average molecular weight is 268 g/mol. The maximum absolute atomic E-state index is 4.85. The molecule has 1 aromatic heterocycles. The Kier molecular flexibility index (Phi) is 7.52. The highest BCUT2D eigenvalue weighted by Crippen LogP contribution is 2.22. The molecule has 1 aromatic rings. The molecule has 0 atom stereocenters. The molecule has 0 saturated carbocycles. The van der Waals surface area contributed by atoms with E-state index >= 15 is 0 Å². The van der Waals surface area contributed by atoms with E-state index < -0.39 is 0 Å². The molecular formula is C15H28N2S. The molecule has 1 heterocycles. The maximum atomic E-state index is 4.85. The molecule has 0 spiro atoms. The standard InChI is InChI=1S/C15H28N2S/c1-5-7-8-15-17-13(10-12(3)4)14(18-15)11-16-9-6-2/h12,16H,5-11H2,1-4H3. The fourth-order valence-electron chi connectivity index (χ4n) is 1.93. The van der Waals surface area contributed by atoms with E-state index in [9.17, 15) is 0 Å². The van der Waals surface area contributed by atoms with Crippen molar-refractivity contribution in [3.8, 4) is 0 Å². The van der Waals surface area contributed by atoms with Crippen molar-refractivity contribution in [2.75, 3.05) is 6.54 Å². The zero-order valence-corrected chi connectivity index (χ0v) is 13.2. The van der Waals surface area contributed by atoms with E-state index in [-0.39, 0.29) is 0 Å². The third kappa shape index (κ3) is 5.49. The Hall–Kier alpha value is -0.410. The number of aromatic nitrogens is 1. The lowest BCUT2D eigenvalue weighted by Crippen LogP contribution is -2.14. The van der Waals surface area contributed by atoms with Gasteiger partial charge in [0.2, 0.25) is 0 Å². The lowest BCUT2D eigenvalue weighted by molar-refractivity contribution is 0.621. The Labute approximate surface area is 116 Å². The summed E-state index contributed by atoms with van der Waals surface area (Å²) in [6.07, 6.45) is 5.98. The van der Waals surface area contributed by atoms with Crippen LogP contribution in [0.2, 0.25) is 0 Å². The third-order valence-corrected chi connectivity index (χ3v) is 4.04. The maximum Gasteiger partial charge on any atom is 0.0931 e. The second-order valence-electron chi connectivity index (χ2n) is 5.36. The van der Waals surface area contributed by atoms with Crippen LogP contribution < -0.4 is 5.32 Å². The molecule has 0 bridgehead atoms. The fraction of sp³-hybridized carbons (Fsp3) is 0.800. The molecule has 0 fully saturated rings. The van der Waals surface area contributed by atoms with Crippen LogP contribution in [0.25, 0.3) is 0 Å². The predicted octanol–water partition coefficient (Wildman–Crippen LogP) is 4.18. The number of nitrogens with zero attached hydrogens (tertiary/aromatic N) is 1. The first-order valence-corrected chi connectivity index (χ1v) is 8.17. The van der Waals surface area contributed by atoms with Gasteiger partial charge in [-0.15, -0.1) is 11.3 Å². The van der Waals surface area contributed by atoms with Crippen molar-refractivity contribution < 1.29 is 0 Å². The molecule has 18 heavy (non-hydrogen) atoms. The Balaban J connectivity index is 2.66. The van der Waals surface area contributed by atoms with Crippen LogP contribution in [-0.2, 0) is 19.4 Å². The highest BCUT2D eigenvalue weighted by atomic mass is 32.1. The lowest BCUT2D eigenvalue weighted by atomic mass is 10.1. The fourth-order valence-corrected chi connectivity index (χ4v) is 3.04. The van der Waals surface area contributed by atoms with E-state index in [1.54, 1.807) is 0 Å². The van der Waals surface area contributed by atoms with E-state index in [0.717, 1.165) is 25.9 Å². The largest absolute Gasteiger partial charge is 0.312 e. The Morgan fingerprint density at radius 2 is 2.00 bits per heavy atom. The summed E-state index contributed by atoms with van der Waals surface area (Å²) in [5, 5.41) is 4.84. The van der Waals surface area contributed by atoms with Gasteiger partial charge in [0.1, 0.15) is 0 Å². The summed E-state index contributed by atoms with van der Waals surface area (Å²) in [5.41, 5.74) is 1.34. The molecule has 0 saturated heterocycles. The van der Waals surface area contributed by atoms with Crippen LogP contribution in [0.1, 0.15) is 62.5 Å². The number of nitrogens with one attached hydrogen (secondary N) is 1. The van der Waals surface area contributed by atoms with Gasteiger partial charge < -0.3 is 5.32 Å². The molecule has 1 rings (SSSR count). The van der Waals surface area contributed by atoms with Gasteiger partial charge in [0, 0.05) is 11.4 Å². The van der Waals surface area contributed by atoms with Crippen molar-refractivity contribution in [2.45, 2.75) is 66.3 Å². The smallest absolute Gasteiger partial charge is 0.0931 e. The molecule has 0 amide bonds. The number of hydrogen-bond acceptors (Lipinski definition) is 3. The number of rotatable bonds is 9. The second-order valence-corrected chi connectivity index (χ2v) is 6.52. The van der Waals surface area contributed by atoms with E-state index in [2.05, 4.69) is 33.0 Å². The Bertz CT molecular complexity index is 331. The first-order chi connectivity index (χ1) is 8.67. The zero-order valence-electron chi connectivity index (χ0n) is 12.4. The summed E-state index contributed by atoms with van der Waals surface area (Å²) in [4.78, 5) is 6.31. The molecule has 2 nitrogen and oxygen atoms in total. The number of hydrogen-bond donors (Lipinski definition) is 1. The van der Waals surface area contributed by atoms with Crippen LogP contribution in [-0.4, -0.2) is 11.5 Å². The topological polar surface area (TPSA) is 24.9 Å². The van der Waals surface area contributed by atoms with Gasteiger partial charge in [0.25, 0.3) is 0 Å². The minimum atomic E-state index is 0.691. The molecule has 0 aliphatic heterocycles. The predicted molar refractivity (Wildman–Crippen MR) is 81.3 cm³/mol. The van der Waals surface area contributed by atoms with Crippen molar-refractivity contribution in [3.05, 3.63) is 15.6 Å². The molecule has 0 unspecified atom stereocenters. The molecule has 1 N–H and O–H groups in total. The summed E-state index contributed by atoms with van der Waals surface area (Å²) in [7, 11) is 0. The van der Waals surface area contributed by atoms with Gasteiger partial charge in [0.15, 0.2) is 0 Å². The van der Waals surface area contributed by atoms with E-state index in [1.165, 1.54) is 34.8 Å². The van der Waals surface area contributed by atoms with Gasteiger partial charge in [-0.25, -0.2) is 4.98 Å². The lowest BCUT2D eigenvalue weighted by Gasteiger charge is -2.05. The summed E-state index contributed by atoms with van der Waals surface area (Å²) in [6.45, 7) is 11.1. The molecule has 3 heteroatoms. The third-order valence-electron chi connectivity index (χ3n) is 2.88. The molecule has 104 valence electrons. The van der Waals surface area contributed by atoms with Crippen LogP contribution in [0, 0.1) is 5.92 Å². The van der Waals surface area contributed by atoms with Gasteiger partial charge in [-0.1, -0.05) is 34.1 Å². The zero-order chi connectivity index (χ0) is 13.4. The number of thiazole rings is 1. The van der Waals surface area contributed by atoms with Crippen LogP contribution in [0.5, 0.6) is 0 Å². The van der Waals surface area contributed by atoms with Crippen molar-refractivity contribution in [3.63, 3.8) is 0 Å². The van der Waals surface area contributed by atoms with E-state index in [4.69, 9.17) is 4.98 Å². The molecular weight excluding hydrogens is 240 g/mol. The van der Waals surface area contributed by atoms with Crippen molar-refractivity contribution in [1.82, 2.24) is 10.3 Å². The molecule has 0 aliphatic carbocycles. The van der Waals surface area contributed by atoms with Crippen LogP contribution in [0.15, 0.2) is 0 Å². The number of aryl methyl sites for hydroxylation is 1. The Morgan fingerprint density at radius 1 is 1.22 bits per heavy atom. The van der Waals surface area contributed by atoms with Gasteiger partial charge in [-0.05, 0) is 38.1 Å². The van der Waals surface area contributed by atoms with Gasteiger partial charge >= 0.3 is 0 Å². The van der Waals surface area contributed by atoms with Crippen LogP contribution >= 0.6 is 11.3 Å². The highest BCUT2D eigenvalue weighted by molar-refractivity contribution is 7.11. The van der Waals surface area contributed by atoms with Crippen molar-refractivity contribution in [2.24, 2.45) is 5.92 Å². The number of unbranched alkanes of at least 4 members (excludes halogenated alkanes) is 1. The summed E-state index contributed by atoms with van der Waals surface area (Å²) < 4.78 is 0. The highest BCUT2D eigenvalue weighted by Gasteiger charge is 2.11. The minimum Gasteiger partial charge on any atom is -0.312 e. The van der Waals surface area contributed by atoms with Crippen LogP contribution in [0.3, 0.4) is 0 Å². The summed E-state index contributed by atoms with van der Waals surface area (Å²) >= 11 is 1.92. The quantitative estimate of drug-likeness (QED) is 0.679. The van der Waals surface area contributed by atoms with Crippen molar-refractivity contribution >= 4 is 11.3 Å². The first kappa shape index (κ1) is 15.6. The van der Waals surface area contributed by atoms with Crippen LogP contribution in [0.4, 0.5) is 0 Å². The Morgan fingerprint density at radius 3 is 2.61 bits per heavy atom. The molecule has 0 aliphatic rings. The SMILES string of the molecule is CCCCc1nc(CC(C)C)c(CNCCC)s1. The van der Waals surface area contributed by atoms with E-state index in [0.29, 0.717) is 5.92 Å². The summed E-state index contributed by atoms with van der Waals surface area (Å²) in [6, 6.07) is 0. The van der Waals surface area contributed by atoms with Gasteiger partial charge in [-0.2, -0.15) is 0 Å². The molecule has 0 aromatic carbocycles. The minimum absolute atomic E-state index is 0.691. The average Bonchev–Trinajstić information content (AvgIpc) is 2.69. The normalized spacial score (nSPS) is 11.4.